The molecule has 4 heteroatoms. The first kappa shape index (κ1) is 12.8. The Morgan fingerprint density at radius 3 is 2.78 bits per heavy atom. The average Bonchev–Trinajstić information content (AvgIpc) is 2.88. The molecule has 1 aromatic carbocycles. The van der Waals surface area contributed by atoms with Gasteiger partial charge in [-0.15, -0.1) is 11.3 Å². The van der Waals surface area contributed by atoms with Crippen molar-refractivity contribution in [3.63, 3.8) is 0 Å². The zero-order chi connectivity index (χ0) is 13.0. The molecule has 0 atom stereocenters. The Kier molecular flexibility index (Phi) is 4.10. The molecule has 2 aromatic rings. The SMILES string of the molecule is CCN(Cc1cccs1)C(=O)c1cccc(F)c1. The Morgan fingerprint density at radius 1 is 1.33 bits per heavy atom. The summed E-state index contributed by atoms with van der Waals surface area (Å²) in [6, 6.07) is 9.77. The van der Waals surface area contributed by atoms with Gasteiger partial charge in [0.25, 0.3) is 5.91 Å². The Morgan fingerprint density at radius 2 is 2.17 bits per heavy atom. The van der Waals surface area contributed by atoms with E-state index in [1.54, 1.807) is 28.4 Å². The molecule has 0 aliphatic carbocycles. The van der Waals surface area contributed by atoms with Crippen molar-refractivity contribution in [3.8, 4) is 0 Å². The fraction of sp³-hybridized carbons (Fsp3) is 0.214. The highest BCUT2D eigenvalue weighted by Crippen LogP contribution is 2.14. The molecular weight excluding hydrogens is 249 g/mol. The minimum absolute atomic E-state index is 0.134. The van der Waals surface area contributed by atoms with E-state index in [1.165, 1.54) is 12.1 Å². The van der Waals surface area contributed by atoms with Crippen molar-refractivity contribution < 1.29 is 9.18 Å². The van der Waals surface area contributed by atoms with Gasteiger partial charge in [-0.2, -0.15) is 0 Å². The molecule has 18 heavy (non-hydrogen) atoms. The molecule has 2 nitrogen and oxygen atoms in total. The van der Waals surface area contributed by atoms with E-state index in [4.69, 9.17) is 0 Å². The number of hydrogen-bond acceptors (Lipinski definition) is 2. The molecule has 1 aromatic heterocycles. The van der Waals surface area contributed by atoms with E-state index >= 15 is 0 Å². The standard InChI is InChI=1S/C14H14FNOS/c1-2-16(10-13-7-4-8-18-13)14(17)11-5-3-6-12(15)9-11/h3-9H,2,10H2,1H3. The van der Waals surface area contributed by atoms with Crippen molar-refractivity contribution in [1.82, 2.24) is 4.90 Å². The van der Waals surface area contributed by atoms with Crippen LogP contribution < -0.4 is 0 Å². The smallest absolute Gasteiger partial charge is 0.254 e. The molecule has 0 N–H and O–H groups in total. The van der Waals surface area contributed by atoms with E-state index in [-0.39, 0.29) is 11.7 Å². The normalized spacial score (nSPS) is 10.3. The van der Waals surface area contributed by atoms with Gasteiger partial charge in [0.1, 0.15) is 5.82 Å². The van der Waals surface area contributed by atoms with Crippen LogP contribution in [0.1, 0.15) is 22.2 Å². The molecule has 0 aliphatic rings. The number of halogens is 1. The highest BCUT2D eigenvalue weighted by Gasteiger charge is 2.15. The molecule has 0 spiro atoms. The first-order chi connectivity index (χ1) is 8.70. The molecule has 0 unspecified atom stereocenters. The minimum atomic E-state index is -0.381. The second kappa shape index (κ2) is 5.78. The highest BCUT2D eigenvalue weighted by molar-refractivity contribution is 7.09. The Labute approximate surface area is 110 Å². The van der Waals surface area contributed by atoms with Gasteiger partial charge in [-0.05, 0) is 36.6 Å². The highest BCUT2D eigenvalue weighted by atomic mass is 32.1. The maximum Gasteiger partial charge on any atom is 0.254 e. The monoisotopic (exact) mass is 263 g/mol. The summed E-state index contributed by atoms with van der Waals surface area (Å²) in [6.45, 7) is 3.10. The zero-order valence-electron chi connectivity index (χ0n) is 10.1. The summed E-state index contributed by atoms with van der Waals surface area (Å²) in [7, 11) is 0. The van der Waals surface area contributed by atoms with Crippen LogP contribution in [0.2, 0.25) is 0 Å². The van der Waals surface area contributed by atoms with Crippen LogP contribution in [0.3, 0.4) is 0 Å². The Balaban J connectivity index is 2.15. The third kappa shape index (κ3) is 2.96. The average molecular weight is 263 g/mol. The van der Waals surface area contributed by atoms with Crippen molar-refractivity contribution in [3.05, 3.63) is 58.0 Å². The molecule has 0 aliphatic heterocycles. The Hall–Kier alpha value is -1.68. The van der Waals surface area contributed by atoms with Gasteiger partial charge >= 0.3 is 0 Å². The van der Waals surface area contributed by atoms with Crippen LogP contribution in [0.15, 0.2) is 41.8 Å². The number of amides is 1. The lowest BCUT2D eigenvalue weighted by molar-refractivity contribution is 0.0753. The van der Waals surface area contributed by atoms with E-state index in [1.807, 2.05) is 24.4 Å². The van der Waals surface area contributed by atoms with Crippen molar-refractivity contribution in [2.75, 3.05) is 6.54 Å². The van der Waals surface area contributed by atoms with Crippen molar-refractivity contribution >= 4 is 17.2 Å². The maximum absolute atomic E-state index is 13.1. The number of carbonyl (C=O) groups excluding carboxylic acids is 1. The van der Waals surface area contributed by atoms with Crippen molar-refractivity contribution in [1.29, 1.82) is 0 Å². The zero-order valence-corrected chi connectivity index (χ0v) is 10.9. The van der Waals surface area contributed by atoms with E-state index in [0.717, 1.165) is 4.88 Å². The number of rotatable bonds is 4. The Bertz CT molecular complexity index is 524. The summed E-state index contributed by atoms with van der Waals surface area (Å²) in [6.07, 6.45) is 0. The van der Waals surface area contributed by atoms with Crippen LogP contribution in [0.25, 0.3) is 0 Å². The molecule has 0 bridgehead atoms. The first-order valence-electron chi connectivity index (χ1n) is 5.78. The molecule has 2 rings (SSSR count). The van der Waals surface area contributed by atoms with Crippen LogP contribution in [0, 0.1) is 5.82 Å². The fourth-order valence-electron chi connectivity index (χ4n) is 1.72. The van der Waals surface area contributed by atoms with Gasteiger partial charge in [-0.25, -0.2) is 4.39 Å². The van der Waals surface area contributed by atoms with E-state index in [2.05, 4.69) is 0 Å². The van der Waals surface area contributed by atoms with Gasteiger partial charge in [0.05, 0.1) is 6.54 Å². The van der Waals surface area contributed by atoms with Crippen LogP contribution in [0.4, 0.5) is 4.39 Å². The lowest BCUT2D eigenvalue weighted by Gasteiger charge is -2.20. The van der Waals surface area contributed by atoms with Gasteiger partial charge in [-0.1, -0.05) is 12.1 Å². The molecule has 1 amide bonds. The van der Waals surface area contributed by atoms with Crippen LogP contribution in [0.5, 0.6) is 0 Å². The number of thiophene rings is 1. The van der Waals surface area contributed by atoms with Crippen LogP contribution >= 0.6 is 11.3 Å². The topological polar surface area (TPSA) is 20.3 Å². The van der Waals surface area contributed by atoms with Gasteiger partial charge in [0.2, 0.25) is 0 Å². The first-order valence-corrected chi connectivity index (χ1v) is 6.66. The predicted octanol–water partition coefficient (Wildman–Crippen LogP) is 3.55. The summed E-state index contributed by atoms with van der Waals surface area (Å²) < 4.78 is 13.1. The summed E-state index contributed by atoms with van der Waals surface area (Å²) >= 11 is 1.61. The summed E-state index contributed by atoms with van der Waals surface area (Å²) in [5.74, 6) is -0.515. The largest absolute Gasteiger partial charge is 0.334 e. The number of hydrogen-bond donors (Lipinski definition) is 0. The van der Waals surface area contributed by atoms with Crippen molar-refractivity contribution in [2.45, 2.75) is 13.5 Å². The third-order valence-corrected chi connectivity index (χ3v) is 3.53. The number of benzene rings is 1. The van der Waals surface area contributed by atoms with E-state index < -0.39 is 0 Å². The second-order valence-corrected chi connectivity index (χ2v) is 4.94. The van der Waals surface area contributed by atoms with Gasteiger partial charge < -0.3 is 4.90 Å². The quantitative estimate of drug-likeness (QED) is 0.826. The van der Waals surface area contributed by atoms with Gasteiger partial charge in [0, 0.05) is 17.0 Å². The van der Waals surface area contributed by atoms with Gasteiger partial charge in [-0.3, -0.25) is 4.79 Å². The molecule has 0 saturated carbocycles. The molecule has 0 radical (unpaired) electrons. The summed E-state index contributed by atoms with van der Waals surface area (Å²) in [5, 5.41) is 1.98. The molecule has 0 saturated heterocycles. The third-order valence-electron chi connectivity index (χ3n) is 2.67. The minimum Gasteiger partial charge on any atom is -0.334 e. The number of carbonyl (C=O) groups is 1. The van der Waals surface area contributed by atoms with Crippen molar-refractivity contribution in [2.24, 2.45) is 0 Å². The number of nitrogens with zero attached hydrogens (tertiary/aromatic N) is 1. The fourth-order valence-corrected chi connectivity index (χ4v) is 2.44. The summed E-state index contributed by atoms with van der Waals surface area (Å²) in [5.41, 5.74) is 0.397. The van der Waals surface area contributed by atoms with Gasteiger partial charge in [0.15, 0.2) is 0 Å². The molecular formula is C14H14FNOS. The van der Waals surface area contributed by atoms with E-state index in [0.29, 0.717) is 18.7 Å². The maximum atomic E-state index is 13.1. The molecule has 0 fully saturated rings. The van der Waals surface area contributed by atoms with E-state index in [9.17, 15) is 9.18 Å². The predicted molar refractivity (Wildman–Crippen MR) is 71.1 cm³/mol. The lowest BCUT2D eigenvalue weighted by atomic mass is 10.2. The summed E-state index contributed by atoms with van der Waals surface area (Å²) in [4.78, 5) is 15.1. The molecule has 1 heterocycles. The molecule has 94 valence electrons. The lowest BCUT2D eigenvalue weighted by Crippen LogP contribution is -2.30. The van der Waals surface area contributed by atoms with Crippen LogP contribution in [-0.4, -0.2) is 17.4 Å². The van der Waals surface area contributed by atoms with Crippen LogP contribution in [-0.2, 0) is 6.54 Å². The second-order valence-electron chi connectivity index (χ2n) is 3.91.